The van der Waals surface area contributed by atoms with Crippen LogP contribution < -0.4 is 0 Å². The highest BCUT2D eigenvalue weighted by Gasteiger charge is 2.05. The molecule has 1 rings (SSSR count). The van der Waals surface area contributed by atoms with Crippen LogP contribution in [0.5, 0.6) is 0 Å². The van der Waals surface area contributed by atoms with E-state index < -0.39 is 10.8 Å². The molecule has 0 radical (unpaired) electrons. The fourth-order valence-corrected chi connectivity index (χ4v) is 1.83. The van der Waals surface area contributed by atoms with Gasteiger partial charge in [0.2, 0.25) is 5.16 Å². The van der Waals surface area contributed by atoms with Gasteiger partial charge in [-0.3, -0.25) is 4.21 Å². The molecule has 0 aliphatic heterocycles. The normalized spacial score (nSPS) is 12.7. The Hall–Kier alpha value is -0.810. The lowest BCUT2D eigenvalue weighted by Gasteiger charge is -2.00. The standard InChI is InChI=1S/C9H14N2O2S/c1-8-6-10-9(11-7-8)14(12)5-3-4-13-2/h6-7H,3-5H2,1-2H3/t14-/m1/s1. The van der Waals surface area contributed by atoms with Gasteiger partial charge >= 0.3 is 0 Å². The van der Waals surface area contributed by atoms with Gasteiger partial charge in [0.05, 0.1) is 10.8 Å². The number of nitrogens with zero attached hydrogens (tertiary/aromatic N) is 2. The van der Waals surface area contributed by atoms with Crippen LogP contribution in [0.4, 0.5) is 0 Å². The number of hydrogen-bond donors (Lipinski definition) is 0. The van der Waals surface area contributed by atoms with Gasteiger partial charge in [-0.05, 0) is 18.9 Å². The van der Waals surface area contributed by atoms with Crippen molar-refractivity contribution in [3.8, 4) is 0 Å². The van der Waals surface area contributed by atoms with E-state index in [9.17, 15) is 4.21 Å². The van der Waals surface area contributed by atoms with Gasteiger partial charge in [0.15, 0.2) is 0 Å². The van der Waals surface area contributed by atoms with Crippen molar-refractivity contribution >= 4 is 10.8 Å². The topological polar surface area (TPSA) is 52.1 Å². The van der Waals surface area contributed by atoms with E-state index in [0.717, 1.165) is 12.0 Å². The first-order valence-electron chi connectivity index (χ1n) is 4.40. The minimum atomic E-state index is -1.10. The molecular weight excluding hydrogens is 200 g/mol. The highest BCUT2D eigenvalue weighted by Crippen LogP contribution is 2.01. The molecule has 5 heteroatoms. The Morgan fingerprint density at radius 2 is 2.07 bits per heavy atom. The average Bonchev–Trinajstić information content (AvgIpc) is 2.19. The molecule has 4 nitrogen and oxygen atoms in total. The molecule has 1 aromatic rings. The number of aromatic nitrogens is 2. The van der Waals surface area contributed by atoms with Crippen LogP contribution in [0.2, 0.25) is 0 Å². The van der Waals surface area contributed by atoms with Crippen molar-refractivity contribution in [2.75, 3.05) is 19.5 Å². The third kappa shape index (κ3) is 3.51. The van der Waals surface area contributed by atoms with E-state index in [1.165, 1.54) is 0 Å². The zero-order chi connectivity index (χ0) is 10.4. The number of methoxy groups -OCH3 is 1. The lowest BCUT2D eigenvalue weighted by Crippen LogP contribution is -2.05. The van der Waals surface area contributed by atoms with Crippen molar-refractivity contribution in [3.63, 3.8) is 0 Å². The van der Waals surface area contributed by atoms with E-state index in [2.05, 4.69) is 9.97 Å². The zero-order valence-electron chi connectivity index (χ0n) is 8.40. The van der Waals surface area contributed by atoms with Crippen molar-refractivity contribution in [1.29, 1.82) is 0 Å². The Morgan fingerprint density at radius 1 is 1.43 bits per heavy atom. The predicted molar refractivity (Wildman–Crippen MR) is 54.5 cm³/mol. The summed E-state index contributed by atoms with van der Waals surface area (Å²) in [7, 11) is 0.535. The van der Waals surface area contributed by atoms with Crippen LogP contribution in [-0.4, -0.2) is 33.6 Å². The maximum atomic E-state index is 11.6. The average molecular weight is 214 g/mol. The van der Waals surface area contributed by atoms with Crippen LogP contribution >= 0.6 is 0 Å². The Labute approximate surface area is 86.2 Å². The van der Waals surface area contributed by atoms with Gasteiger partial charge in [0.1, 0.15) is 0 Å². The van der Waals surface area contributed by atoms with Gasteiger partial charge in [-0.25, -0.2) is 9.97 Å². The molecule has 0 aliphatic rings. The molecule has 0 fully saturated rings. The van der Waals surface area contributed by atoms with Gasteiger partial charge in [-0.2, -0.15) is 0 Å². The molecular formula is C9H14N2O2S. The van der Waals surface area contributed by atoms with Crippen molar-refractivity contribution in [2.45, 2.75) is 18.5 Å². The molecule has 0 aromatic carbocycles. The van der Waals surface area contributed by atoms with Gasteiger partial charge in [-0.1, -0.05) is 0 Å². The van der Waals surface area contributed by atoms with Gasteiger partial charge < -0.3 is 4.74 Å². The molecule has 1 aromatic heterocycles. The minimum absolute atomic E-state index is 0.409. The quantitative estimate of drug-likeness (QED) is 0.540. The summed E-state index contributed by atoms with van der Waals surface area (Å²) in [6.07, 6.45) is 4.12. The highest BCUT2D eigenvalue weighted by molar-refractivity contribution is 7.84. The van der Waals surface area contributed by atoms with Crippen LogP contribution in [0.3, 0.4) is 0 Å². The molecule has 78 valence electrons. The van der Waals surface area contributed by atoms with Crippen molar-refractivity contribution in [3.05, 3.63) is 18.0 Å². The Balaban J connectivity index is 2.48. The van der Waals surface area contributed by atoms with Crippen LogP contribution in [0.15, 0.2) is 17.6 Å². The second-order valence-electron chi connectivity index (χ2n) is 2.94. The molecule has 0 saturated carbocycles. The van der Waals surface area contributed by atoms with Gasteiger partial charge in [0, 0.05) is 31.9 Å². The molecule has 0 bridgehead atoms. The van der Waals surface area contributed by atoms with Crippen molar-refractivity contribution < 1.29 is 8.95 Å². The largest absolute Gasteiger partial charge is 0.385 e. The van der Waals surface area contributed by atoms with E-state index >= 15 is 0 Å². The van der Waals surface area contributed by atoms with Crippen LogP contribution in [-0.2, 0) is 15.5 Å². The van der Waals surface area contributed by atoms with Crippen LogP contribution in [0.25, 0.3) is 0 Å². The molecule has 0 unspecified atom stereocenters. The second kappa shape index (κ2) is 5.82. The molecule has 1 heterocycles. The fraction of sp³-hybridized carbons (Fsp3) is 0.556. The predicted octanol–water partition coefficient (Wildman–Crippen LogP) is 0.929. The maximum absolute atomic E-state index is 11.6. The SMILES string of the molecule is COCCC[S@@](=O)c1ncc(C)cn1. The van der Waals surface area contributed by atoms with Crippen LogP contribution in [0, 0.1) is 6.92 Å². The van der Waals surface area contributed by atoms with E-state index in [1.54, 1.807) is 19.5 Å². The molecule has 1 atom stereocenters. The monoisotopic (exact) mass is 214 g/mol. The second-order valence-corrected chi connectivity index (χ2v) is 4.40. The summed E-state index contributed by atoms with van der Waals surface area (Å²) in [6, 6.07) is 0. The van der Waals surface area contributed by atoms with Crippen molar-refractivity contribution in [2.24, 2.45) is 0 Å². The summed E-state index contributed by atoms with van der Waals surface area (Å²) in [5.74, 6) is 0.552. The van der Waals surface area contributed by atoms with E-state index in [0.29, 0.717) is 17.5 Å². The third-order valence-corrected chi connectivity index (χ3v) is 2.92. The molecule has 0 aliphatic carbocycles. The summed E-state index contributed by atoms with van der Waals surface area (Å²) in [5, 5.41) is 0.409. The number of rotatable bonds is 5. The molecule has 0 spiro atoms. The Kier molecular flexibility index (Phi) is 4.69. The summed E-state index contributed by atoms with van der Waals surface area (Å²) < 4.78 is 16.4. The van der Waals surface area contributed by atoms with Gasteiger partial charge in [0.25, 0.3) is 0 Å². The Bertz CT molecular complexity index is 300. The van der Waals surface area contributed by atoms with E-state index in [-0.39, 0.29) is 0 Å². The smallest absolute Gasteiger partial charge is 0.218 e. The lowest BCUT2D eigenvalue weighted by molar-refractivity contribution is 0.200. The summed E-state index contributed by atoms with van der Waals surface area (Å²) >= 11 is 0. The maximum Gasteiger partial charge on any atom is 0.218 e. The first kappa shape index (κ1) is 11.3. The molecule has 14 heavy (non-hydrogen) atoms. The van der Waals surface area contributed by atoms with Gasteiger partial charge in [-0.15, -0.1) is 0 Å². The molecule has 0 saturated heterocycles. The summed E-state index contributed by atoms with van der Waals surface area (Å²) in [4.78, 5) is 8.01. The summed E-state index contributed by atoms with van der Waals surface area (Å²) in [6.45, 7) is 2.52. The van der Waals surface area contributed by atoms with Crippen molar-refractivity contribution in [1.82, 2.24) is 9.97 Å². The third-order valence-electron chi connectivity index (χ3n) is 1.64. The lowest BCUT2D eigenvalue weighted by atomic mass is 10.4. The first-order valence-corrected chi connectivity index (χ1v) is 5.72. The number of hydrogen-bond acceptors (Lipinski definition) is 4. The van der Waals surface area contributed by atoms with Crippen LogP contribution in [0.1, 0.15) is 12.0 Å². The zero-order valence-corrected chi connectivity index (χ0v) is 9.21. The summed E-state index contributed by atoms with van der Waals surface area (Å²) in [5.41, 5.74) is 0.975. The minimum Gasteiger partial charge on any atom is -0.385 e. The van der Waals surface area contributed by atoms with E-state index in [4.69, 9.17) is 4.74 Å². The fourth-order valence-electron chi connectivity index (χ4n) is 0.924. The molecule has 0 N–H and O–H groups in total. The highest BCUT2D eigenvalue weighted by atomic mass is 32.2. The number of aryl methyl sites for hydroxylation is 1. The first-order chi connectivity index (χ1) is 6.74. The van der Waals surface area contributed by atoms with E-state index in [1.807, 2.05) is 6.92 Å². The number of ether oxygens (including phenoxy) is 1. The molecule has 0 amide bonds. The Morgan fingerprint density at radius 3 is 2.64 bits per heavy atom.